The number of aromatic amines is 1. The molecular formula is C27H26N2O. The fourth-order valence-corrected chi connectivity index (χ4v) is 3.73. The molecule has 1 heterocycles. The first-order valence-electron chi connectivity index (χ1n) is 10.3. The number of hydrogen-bond donors (Lipinski definition) is 2. The molecule has 0 saturated carbocycles. The molecule has 0 saturated heterocycles. The number of H-pyrrole nitrogens is 1. The molecule has 0 unspecified atom stereocenters. The van der Waals surface area contributed by atoms with Crippen LogP contribution < -0.4 is 5.32 Å². The molecule has 0 aliphatic heterocycles. The number of para-hydroxylation sites is 1. The minimum absolute atomic E-state index is 0.0987. The van der Waals surface area contributed by atoms with Crippen molar-refractivity contribution < 1.29 is 4.79 Å². The second kappa shape index (κ2) is 8.42. The Morgan fingerprint density at radius 3 is 2.00 bits per heavy atom. The Hall–Kier alpha value is -3.59. The molecule has 0 aliphatic carbocycles. The lowest BCUT2D eigenvalue weighted by atomic mass is 9.94. The summed E-state index contributed by atoms with van der Waals surface area (Å²) in [5, 5.41) is 3.08. The number of rotatable bonds is 5. The monoisotopic (exact) mass is 394 g/mol. The summed E-state index contributed by atoms with van der Waals surface area (Å²) < 4.78 is 0. The van der Waals surface area contributed by atoms with Crippen LogP contribution in [0.1, 0.15) is 41.4 Å². The minimum Gasteiger partial charge on any atom is -0.357 e. The van der Waals surface area contributed by atoms with Crippen LogP contribution >= 0.6 is 0 Å². The Labute approximate surface area is 177 Å². The standard InChI is InChI=1S/C27H26N2O/c1-18(2)25-24(27(30)28-22-12-8-5-9-13-22)23(20-10-6-4-7-11-20)26(29-25)21-16-14-19(3)15-17-21/h4-18,29H,1-3H3,(H,28,30). The van der Waals surface area contributed by atoms with Crippen molar-refractivity contribution in [2.24, 2.45) is 0 Å². The van der Waals surface area contributed by atoms with Gasteiger partial charge in [0.15, 0.2) is 0 Å². The number of carbonyl (C=O) groups excluding carboxylic acids is 1. The van der Waals surface area contributed by atoms with E-state index in [0.29, 0.717) is 5.56 Å². The molecule has 1 amide bonds. The van der Waals surface area contributed by atoms with Gasteiger partial charge in [-0.15, -0.1) is 0 Å². The smallest absolute Gasteiger partial charge is 0.258 e. The van der Waals surface area contributed by atoms with Gasteiger partial charge in [-0.05, 0) is 36.1 Å². The van der Waals surface area contributed by atoms with Crippen molar-refractivity contribution in [1.29, 1.82) is 0 Å². The zero-order valence-corrected chi connectivity index (χ0v) is 17.6. The second-order valence-corrected chi connectivity index (χ2v) is 7.87. The van der Waals surface area contributed by atoms with Crippen LogP contribution in [-0.2, 0) is 0 Å². The number of amides is 1. The van der Waals surface area contributed by atoms with Crippen LogP contribution in [0.5, 0.6) is 0 Å². The summed E-state index contributed by atoms with van der Waals surface area (Å²) in [7, 11) is 0. The van der Waals surface area contributed by atoms with Gasteiger partial charge in [-0.2, -0.15) is 0 Å². The first-order valence-corrected chi connectivity index (χ1v) is 10.3. The van der Waals surface area contributed by atoms with Crippen molar-refractivity contribution in [2.75, 3.05) is 5.32 Å². The summed E-state index contributed by atoms with van der Waals surface area (Å²) in [6.07, 6.45) is 0. The molecule has 0 spiro atoms. The first kappa shape index (κ1) is 19.7. The SMILES string of the molecule is Cc1ccc(-c2[nH]c(C(C)C)c(C(=O)Nc3ccccc3)c2-c2ccccc2)cc1. The van der Waals surface area contributed by atoms with E-state index in [2.05, 4.69) is 67.5 Å². The Balaban J connectivity index is 1.93. The van der Waals surface area contributed by atoms with Gasteiger partial charge < -0.3 is 10.3 Å². The summed E-state index contributed by atoms with van der Waals surface area (Å²) >= 11 is 0. The van der Waals surface area contributed by atoms with Gasteiger partial charge in [0.05, 0.1) is 11.3 Å². The second-order valence-electron chi connectivity index (χ2n) is 7.87. The van der Waals surface area contributed by atoms with Crippen molar-refractivity contribution in [3.05, 3.63) is 102 Å². The van der Waals surface area contributed by atoms with Gasteiger partial charge in [-0.25, -0.2) is 0 Å². The van der Waals surface area contributed by atoms with E-state index in [9.17, 15) is 4.79 Å². The summed E-state index contributed by atoms with van der Waals surface area (Å²) in [6.45, 7) is 6.30. The first-order chi connectivity index (χ1) is 14.5. The van der Waals surface area contributed by atoms with Crippen LogP contribution in [0.25, 0.3) is 22.4 Å². The van der Waals surface area contributed by atoms with Crippen LogP contribution in [0.2, 0.25) is 0 Å². The number of aryl methyl sites for hydroxylation is 1. The summed E-state index contributed by atoms with van der Waals surface area (Å²) in [5.74, 6) is 0.0709. The molecular weight excluding hydrogens is 368 g/mol. The van der Waals surface area contributed by atoms with Crippen LogP contribution in [0.4, 0.5) is 5.69 Å². The molecule has 0 atom stereocenters. The van der Waals surface area contributed by atoms with Crippen molar-refractivity contribution in [3.8, 4) is 22.4 Å². The topological polar surface area (TPSA) is 44.9 Å². The number of carbonyl (C=O) groups is 1. The molecule has 4 aromatic rings. The number of anilines is 1. The summed E-state index contributed by atoms with van der Waals surface area (Å²) in [6, 6.07) is 28.1. The average Bonchev–Trinajstić information content (AvgIpc) is 3.17. The van der Waals surface area contributed by atoms with Gasteiger partial charge in [0.2, 0.25) is 0 Å². The Kier molecular flexibility index (Phi) is 5.53. The van der Waals surface area contributed by atoms with Crippen molar-refractivity contribution >= 4 is 11.6 Å². The Morgan fingerprint density at radius 2 is 1.40 bits per heavy atom. The third-order valence-electron chi connectivity index (χ3n) is 5.27. The van der Waals surface area contributed by atoms with E-state index in [0.717, 1.165) is 33.8 Å². The number of hydrogen-bond acceptors (Lipinski definition) is 1. The highest BCUT2D eigenvalue weighted by Crippen LogP contribution is 2.39. The maximum absolute atomic E-state index is 13.5. The highest BCUT2D eigenvalue weighted by molar-refractivity contribution is 6.12. The quantitative estimate of drug-likeness (QED) is 0.375. The number of aromatic nitrogens is 1. The zero-order valence-electron chi connectivity index (χ0n) is 17.6. The van der Waals surface area contributed by atoms with Crippen LogP contribution in [0, 0.1) is 6.92 Å². The maximum atomic E-state index is 13.5. The van der Waals surface area contributed by atoms with Gasteiger partial charge >= 0.3 is 0 Å². The highest BCUT2D eigenvalue weighted by atomic mass is 16.1. The van der Waals surface area contributed by atoms with E-state index in [1.165, 1.54) is 5.56 Å². The third kappa shape index (κ3) is 3.92. The Morgan fingerprint density at radius 1 is 0.800 bits per heavy atom. The van der Waals surface area contributed by atoms with Crippen molar-refractivity contribution in [3.63, 3.8) is 0 Å². The number of nitrogens with one attached hydrogen (secondary N) is 2. The minimum atomic E-state index is -0.0987. The van der Waals surface area contributed by atoms with Gasteiger partial charge in [-0.3, -0.25) is 4.79 Å². The maximum Gasteiger partial charge on any atom is 0.258 e. The lowest BCUT2D eigenvalue weighted by Crippen LogP contribution is -2.14. The molecule has 0 radical (unpaired) electrons. The fraction of sp³-hybridized carbons (Fsp3) is 0.148. The number of benzene rings is 3. The molecule has 3 aromatic carbocycles. The van der Waals surface area contributed by atoms with E-state index in [1.807, 2.05) is 48.5 Å². The van der Waals surface area contributed by atoms with E-state index >= 15 is 0 Å². The molecule has 1 aromatic heterocycles. The van der Waals surface area contributed by atoms with Crippen molar-refractivity contribution in [1.82, 2.24) is 4.98 Å². The molecule has 150 valence electrons. The molecule has 3 heteroatoms. The van der Waals surface area contributed by atoms with Gasteiger partial charge in [0, 0.05) is 16.9 Å². The van der Waals surface area contributed by atoms with E-state index in [4.69, 9.17) is 0 Å². The van der Waals surface area contributed by atoms with E-state index in [-0.39, 0.29) is 11.8 Å². The largest absolute Gasteiger partial charge is 0.357 e. The van der Waals surface area contributed by atoms with Crippen molar-refractivity contribution in [2.45, 2.75) is 26.7 Å². The van der Waals surface area contributed by atoms with Crippen LogP contribution in [0.3, 0.4) is 0 Å². The predicted molar refractivity (Wildman–Crippen MR) is 125 cm³/mol. The molecule has 0 bridgehead atoms. The van der Waals surface area contributed by atoms with Gasteiger partial charge in [0.1, 0.15) is 0 Å². The van der Waals surface area contributed by atoms with Crippen LogP contribution in [-0.4, -0.2) is 10.9 Å². The molecule has 3 nitrogen and oxygen atoms in total. The lowest BCUT2D eigenvalue weighted by Gasteiger charge is -2.12. The molecule has 2 N–H and O–H groups in total. The fourth-order valence-electron chi connectivity index (χ4n) is 3.73. The van der Waals surface area contributed by atoms with E-state index < -0.39 is 0 Å². The predicted octanol–water partition coefficient (Wildman–Crippen LogP) is 7.03. The Bertz CT molecular complexity index is 1140. The lowest BCUT2D eigenvalue weighted by molar-refractivity contribution is 0.102. The highest BCUT2D eigenvalue weighted by Gasteiger charge is 2.26. The molecule has 30 heavy (non-hydrogen) atoms. The van der Waals surface area contributed by atoms with Crippen LogP contribution in [0.15, 0.2) is 84.9 Å². The van der Waals surface area contributed by atoms with E-state index in [1.54, 1.807) is 0 Å². The third-order valence-corrected chi connectivity index (χ3v) is 5.27. The summed E-state index contributed by atoms with van der Waals surface area (Å²) in [5.41, 5.74) is 7.65. The molecule has 4 rings (SSSR count). The normalized spacial score (nSPS) is 10.9. The van der Waals surface area contributed by atoms with Gasteiger partial charge in [-0.1, -0.05) is 92.2 Å². The zero-order chi connectivity index (χ0) is 21.1. The molecule has 0 fully saturated rings. The molecule has 0 aliphatic rings. The average molecular weight is 395 g/mol. The summed E-state index contributed by atoms with van der Waals surface area (Å²) in [4.78, 5) is 17.1. The van der Waals surface area contributed by atoms with Gasteiger partial charge in [0.25, 0.3) is 5.91 Å².